The number of nitrogens with zero attached hydrogens (tertiary/aromatic N) is 6. The summed E-state index contributed by atoms with van der Waals surface area (Å²) in [6.45, 7) is 2.82. The number of aryl methyl sites for hydroxylation is 1. The number of piperidine rings is 1. The molecule has 1 atom stereocenters. The fourth-order valence-corrected chi connectivity index (χ4v) is 4.98. The Kier molecular flexibility index (Phi) is 7.58. The monoisotopic (exact) mass is 566 g/mol. The molecule has 4 heterocycles. The Morgan fingerprint density at radius 2 is 1.90 bits per heavy atom. The molecule has 1 aliphatic rings. The Labute approximate surface area is 233 Å². The van der Waals surface area contributed by atoms with Gasteiger partial charge in [0, 0.05) is 38.8 Å². The van der Waals surface area contributed by atoms with E-state index in [1.165, 1.54) is 10.6 Å². The van der Waals surface area contributed by atoms with Crippen LogP contribution in [-0.4, -0.2) is 86.0 Å². The minimum atomic E-state index is -0.854. The molecule has 0 unspecified atom stereocenters. The highest BCUT2D eigenvalue weighted by Gasteiger charge is 2.29. The third kappa shape index (κ3) is 5.55. The van der Waals surface area contributed by atoms with Crippen LogP contribution in [0.5, 0.6) is 0 Å². The molecule has 5 rings (SSSR count). The standard InChI is InChI=1S/C27H31FN8O5/c1-15(26(39)35-9-7-17(8-10-35)33(2)3)31-25(38)21-12-19(32-23-18(28)14-30-36(21)23)24(37)29-13-16-5-6-22-20(11-16)34(4)27(40)41-22/h5-6,11-12,14-15,17H,7-10,13H2,1-4H3,(H,29,37)(H,31,38)/t15-/m0/s1. The zero-order valence-electron chi connectivity index (χ0n) is 23.2. The Bertz CT molecular complexity index is 1700. The van der Waals surface area contributed by atoms with Crippen LogP contribution in [0.2, 0.25) is 0 Å². The number of carbonyl (C=O) groups excluding carboxylic acids is 3. The van der Waals surface area contributed by atoms with Crippen LogP contribution in [0.25, 0.3) is 16.7 Å². The van der Waals surface area contributed by atoms with Gasteiger partial charge in [-0.05, 0) is 51.6 Å². The van der Waals surface area contributed by atoms with Gasteiger partial charge in [0.15, 0.2) is 17.0 Å². The second-order valence-electron chi connectivity index (χ2n) is 10.4. The van der Waals surface area contributed by atoms with Crippen molar-refractivity contribution in [3.05, 3.63) is 63.8 Å². The van der Waals surface area contributed by atoms with Gasteiger partial charge < -0.3 is 24.9 Å². The zero-order chi connectivity index (χ0) is 29.4. The van der Waals surface area contributed by atoms with Crippen LogP contribution in [0.1, 0.15) is 46.3 Å². The maximum atomic E-state index is 14.5. The van der Waals surface area contributed by atoms with E-state index < -0.39 is 29.4 Å². The number of benzene rings is 1. The Balaban J connectivity index is 1.31. The quantitative estimate of drug-likeness (QED) is 0.336. The molecule has 3 amide bonds. The third-order valence-corrected chi connectivity index (χ3v) is 7.43. The Hall–Kier alpha value is -4.59. The number of aromatic nitrogens is 4. The van der Waals surface area contributed by atoms with E-state index >= 15 is 0 Å². The van der Waals surface area contributed by atoms with Crippen molar-refractivity contribution in [1.82, 2.24) is 39.6 Å². The van der Waals surface area contributed by atoms with Gasteiger partial charge >= 0.3 is 5.76 Å². The first-order valence-corrected chi connectivity index (χ1v) is 13.2. The topological polar surface area (TPSA) is 147 Å². The van der Waals surface area contributed by atoms with Gasteiger partial charge in [0.2, 0.25) is 5.91 Å². The van der Waals surface area contributed by atoms with Crippen molar-refractivity contribution < 1.29 is 23.2 Å². The molecular formula is C27H31FN8O5. The van der Waals surface area contributed by atoms with Gasteiger partial charge in [-0.3, -0.25) is 19.0 Å². The molecule has 0 spiro atoms. The molecule has 0 bridgehead atoms. The number of oxazole rings is 1. The summed E-state index contributed by atoms with van der Waals surface area (Å²) >= 11 is 0. The molecule has 3 aromatic heterocycles. The van der Waals surface area contributed by atoms with Crippen LogP contribution >= 0.6 is 0 Å². The first-order chi connectivity index (χ1) is 19.5. The van der Waals surface area contributed by atoms with Gasteiger partial charge in [0.1, 0.15) is 17.4 Å². The van der Waals surface area contributed by atoms with Crippen LogP contribution in [-0.2, 0) is 18.4 Å². The minimum absolute atomic E-state index is 0.0698. The summed E-state index contributed by atoms with van der Waals surface area (Å²) in [5.74, 6) is -2.90. The van der Waals surface area contributed by atoms with Gasteiger partial charge in [0.05, 0.1) is 11.7 Å². The molecule has 0 aliphatic carbocycles. The zero-order valence-corrected chi connectivity index (χ0v) is 23.2. The van der Waals surface area contributed by atoms with E-state index in [4.69, 9.17) is 4.42 Å². The van der Waals surface area contributed by atoms with Crippen molar-refractivity contribution in [2.75, 3.05) is 27.2 Å². The molecular weight excluding hydrogens is 535 g/mol. The van der Waals surface area contributed by atoms with Gasteiger partial charge in [-0.15, -0.1) is 0 Å². The molecule has 2 N–H and O–H groups in total. The molecule has 216 valence electrons. The average Bonchev–Trinajstić information content (AvgIpc) is 3.48. The van der Waals surface area contributed by atoms with Crippen molar-refractivity contribution in [3.63, 3.8) is 0 Å². The molecule has 4 aromatic rings. The maximum absolute atomic E-state index is 14.5. The van der Waals surface area contributed by atoms with Crippen LogP contribution in [0.15, 0.2) is 39.7 Å². The third-order valence-electron chi connectivity index (χ3n) is 7.43. The number of rotatable bonds is 7. The Morgan fingerprint density at radius 3 is 2.61 bits per heavy atom. The number of fused-ring (bicyclic) bond motifs is 2. The lowest BCUT2D eigenvalue weighted by molar-refractivity contribution is -0.134. The SMILES string of the molecule is C[C@H](NC(=O)c1cc(C(=O)NCc2ccc3oc(=O)n(C)c3c2)nc2c(F)cnn12)C(=O)N1CCC(N(C)C)CC1. The van der Waals surface area contributed by atoms with Crippen LogP contribution in [0.4, 0.5) is 4.39 Å². The van der Waals surface area contributed by atoms with Crippen molar-refractivity contribution >= 4 is 34.5 Å². The lowest BCUT2D eigenvalue weighted by Crippen LogP contribution is -2.51. The van der Waals surface area contributed by atoms with Gasteiger partial charge in [-0.2, -0.15) is 5.10 Å². The highest BCUT2D eigenvalue weighted by atomic mass is 19.1. The molecule has 14 heteroatoms. The molecule has 13 nitrogen and oxygen atoms in total. The molecule has 1 aliphatic heterocycles. The number of halogens is 1. The van der Waals surface area contributed by atoms with Crippen LogP contribution < -0.4 is 16.4 Å². The number of amides is 3. The molecule has 1 fully saturated rings. The van der Waals surface area contributed by atoms with E-state index in [2.05, 4.69) is 25.6 Å². The number of likely N-dealkylation sites (tertiary alicyclic amines) is 1. The van der Waals surface area contributed by atoms with E-state index in [1.807, 2.05) is 14.1 Å². The second-order valence-corrected chi connectivity index (χ2v) is 10.4. The molecule has 41 heavy (non-hydrogen) atoms. The van der Waals surface area contributed by atoms with Crippen LogP contribution in [0.3, 0.4) is 0 Å². The van der Waals surface area contributed by atoms with Crippen molar-refractivity contribution in [3.8, 4) is 0 Å². The fourth-order valence-electron chi connectivity index (χ4n) is 4.98. The number of hydrogen-bond donors (Lipinski definition) is 2. The molecule has 1 aromatic carbocycles. The van der Waals surface area contributed by atoms with E-state index in [-0.39, 0.29) is 29.5 Å². The van der Waals surface area contributed by atoms with Crippen molar-refractivity contribution in [2.24, 2.45) is 7.05 Å². The number of hydrogen-bond acceptors (Lipinski definition) is 8. The van der Waals surface area contributed by atoms with Gasteiger partial charge in [0.25, 0.3) is 11.8 Å². The predicted octanol–water partition coefficient (Wildman–Crippen LogP) is 0.914. The highest BCUT2D eigenvalue weighted by Crippen LogP contribution is 2.17. The Morgan fingerprint density at radius 1 is 1.17 bits per heavy atom. The summed E-state index contributed by atoms with van der Waals surface area (Å²) in [7, 11) is 5.60. The largest absolute Gasteiger partial charge is 0.419 e. The summed E-state index contributed by atoms with van der Waals surface area (Å²) in [5, 5.41) is 9.24. The smallest absolute Gasteiger partial charge is 0.408 e. The van der Waals surface area contributed by atoms with Crippen LogP contribution in [0, 0.1) is 5.82 Å². The normalized spacial score (nSPS) is 15.0. The maximum Gasteiger partial charge on any atom is 0.419 e. The van der Waals surface area contributed by atoms with Crippen molar-refractivity contribution in [1.29, 1.82) is 0 Å². The average molecular weight is 567 g/mol. The summed E-state index contributed by atoms with van der Waals surface area (Å²) in [5.41, 5.74) is 0.999. The predicted molar refractivity (Wildman–Crippen MR) is 146 cm³/mol. The molecule has 0 radical (unpaired) electrons. The summed E-state index contributed by atoms with van der Waals surface area (Å²) in [4.78, 5) is 59.0. The lowest BCUT2D eigenvalue weighted by Gasteiger charge is -2.36. The summed E-state index contributed by atoms with van der Waals surface area (Å²) in [6, 6.07) is 5.77. The van der Waals surface area contributed by atoms with Crippen molar-refractivity contribution in [2.45, 2.75) is 38.4 Å². The number of nitrogens with one attached hydrogen (secondary N) is 2. The molecule has 0 saturated carbocycles. The van der Waals surface area contributed by atoms with E-state index in [0.717, 1.165) is 23.6 Å². The van der Waals surface area contributed by atoms with E-state index in [1.54, 1.807) is 37.1 Å². The second kappa shape index (κ2) is 11.1. The number of carbonyl (C=O) groups is 3. The van der Waals surface area contributed by atoms with E-state index in [0.29, 0.717) is 35.8 Å². The van der Waals surface area contributed by atoms with Gasteiger partial charge in [-0.25, -0.2) is 18.7 Å². The fraction of sp³-hybridized carbons (Fsp3) is 0.407. The summed E-state index contributed by atoms with van der Waals surface area (Å²) < 4.78 is 21.9. The minimum Gasteiger partial charge on any atom is -0.408 e. The van der Waals surface area contributed by atoms with Gasteiger partial charge in [-0.1, -0.05) is 6.07 Å². The van der Waals surface area contributed by atoms with E-state index in [9.17, 15) is 23.6 Å². The first kappa shape index (κ1) is 28.0. The molecule has 1 saturated heterocycles. The first-order valence-electron chi connectivity index (χ1n) is 13.2. The lowest BCUT2D eigenvalue weighted by atomic mass is 10.0. The summed E-state index contributed by atoms with van der Waals surface area (Å²) in [6.07, 6.45) is 2.57. The highest BCUT2D eigenvalue weighted by molar-refractivity contribution is 6.00.